The van der Waals surface area contributed by atoms with E-state index in [0.717, 1.165) is 21.6 Å². The van der Waals surface area contributed by atoms with Crippen molar-refractivity contribution < 1.29 is 5.11 Å². The lowest BCUT2D eigenvalue weighted by atomic mass is 10.0. The molecule has 15 heavy (non-hydrogen) atoms. The molecule has 1 aromatic heterocycles. The number of rotatable bonds is 2. The van der Waals surface area contributed by atoms with Crippen LogP contribution < -0.4 is 0 Å². The highest BCUT2D eigenvalue weighted by molar-refractivity contribution is 6.35. The summed E-state index contributed by atoms with van der Waals surface area (Å²) in [5.41, 5.74) is 1.32. The Bertz CT molecular complexity index is 482. The third-order valence-corrected chi connectivity index (χ3v) is 2.62. The molecule has 0 atom stereocenters. The number of H-pyrrole nitrogens is 1. The maximum atomic E-state index is 9.71. The van der Waals surface area contributed by atoms with Crippen LogP contribution in [0.3, 0.4) is 0 Å². The highest BCUT2D eigenvalue weighted by Gasteiger charge is 2.15. The van der Waals surface area contributed by atoms with Crippen LogP contribution in [0.4, 0.5) is 0 Å². The highest BCUT2D eigenvalue weighted by atomic mass is 35.5. The molecule has 0 aliphatic carbocycles. The molecule has 0 fully saturated rings. The second-order valence-corrected chi connectivity index (χ2v) is 4.89. The van der Waals surface area contributed by atoms with Gasteiger partial charge in [0.1, 0.15) is 0 Å². The molecule has 3 heteroatoms. The van der Waals surface area contributed by atoms with Gasteiger partial charge < -0.3 is 10.1 Å². The van der Waals surface area contributed by atoms with Gasteiger partial charge in [-0.15, -0.1) is 0 Å². The molecular weight excluding hydrogens is 210 g/mol. The molecular formula is C12H14ClNO. The van der Waals surface area contributed by atoms with Crippen molar-refractivity contribution in [1.29, 1.82) is 0 Å². The molecule has 2 nitrogen and oxygen atoms in total. The van der Waals surface area contributed by atoms with Crippen molar-refractivity contribution in [3.05, 3.63) is 35.0 Å². The van der Waals surface area contributed by atoms with Crippen LogP contribution in [-0.2, 0) is 6.42 Å². The van der Waals surface area contributed by atoms with Crippen LogP contribution in [0.25, 0.3) is 10.9 Å². The van der Waals surface area contributed by atoms with Gasteiger partial charge in [0.2, 0.25) is 0 Å². The molecule has 0 amide bonds. The maximum Gasteiger partial charge on any atom is 0.0646 e. The van der Waals surface area contributed by atoms with E-state index < -0.39 is 5.60 Å². The molecule has 0 radical (unpaired) electrons. The standard InChI is InChI=1S/C12H14ClNO/c1-12(2,15)7-8-6-9-10(13)4-3-5-11(9)14-8/h3-6,14-15H,7H2,1-2H3. The van der Waals surface area contributed by atoms with Crippen molar-refractivity contribution in [3.8, 4) is 0 Å². The fraction of sp³-hybridized carbons (Fsp3) is 0.333. The Labute approximate surface area is 93.9 Å². The molecule has 2 aromatic rings. The maximum absolute atomic E-state index is 9.71. The fourth-order valence-electron chi connectivity index (χ4n) is 1.74. The van der Waals surface area contributed by atoms with Crippen molar-refractivity contribution in [1.82, 2.24) is 4.98 Å². The van der Waals surface area contributed by atoms with E-state index in [2.05, 4.69) is 4.98 Å². The van der Waals surface area contributed by atoms with Crippen LogP contribution in [0.5, 0.6) is 0 Å². The van der Waals surface area contributed by atoms with Crippen molar-refractivity contribution in [2.24, 2.45) is 0 Å². The molecule has 0 bridgehead atoms. The van der Waals surface area contributed by atoms with Crippen molar-refractivity contribution in [2.75, 3.05) is 0 Å². The average molecular weight is 224 g/mol. The largest absolute Gasteiger partial charge is 0.390 e. The lowest BCUT2D eigenvalue weighted by Gasteiger charge is -2.15. The normalized spacial score (nSPS) is 12.3. The SMILES string of the molecule is CC(C)(O)Cc1cc2c(Cl)cccc2[nH]1. The predicted molar refractivity (Wildman–Crippen MR) is 63.3 cm³/mol. The fourth-order valence-corrected chi connectivity index (χ4v) is 1.97. The van der Waals surface area contributed by atoms with Gasteiger partial charge in [0.05, 0.1) is 5.60 Å². The first kappa shape index (κ1) is 10.5. The molecule has 1 heterocycles. The number of aromatic amines is 1. The summed E-state index contributed by atoms with van der Waals surface area (Å²) < 4.78 is 0. The summed E-state index contributed by atoms with van der Waals surface area (Å²) >= 11 is 6.06. The quantitative estimate of drug-likeness (QED) is 0.806. The van der Waals surface area contributed by atoms with Gasteiger partial charge in [-0.1, -0.05) is 17.7 Å². The number of benzene rings is 1. The van der Waals surface area contributed by atoms with E-state index in [-0.39, 0.29) is 0 Å². The molecule has 0 saturated carbocycles. The highest BCUT2D eigenvalue weighted by Crippen LogP contribution is 2.25. The van der Waals surface area contributed by atoms with Gasteiger partial charge in [-0.25, -0.2) is 0 Å². The Morgan fingerprint density at radius 2 is 2.13 bits per heavy atom. The number of hydrogen-bond acceptors (Lipinski definition) is 1. The van der Waals surface area contributed by atoms with E-state index in [0.29, 0.717) is 6.42 Å². The van der Waals surface area contributed by atoms with Crippen LogP contribution in [-0.4, -0.2) is 15.7 Å². The molecule has 0 saturated heterocycles. The lowest BCUT2D eigenvalue weighted by Crippen LogP contribution is -2.21. The Kier molecular flexibility index (Phi) is 2.49. The lowest BCUT2D eigenvalue weighted by molar-refractivity contribution is 0.0801. The van der Waals surface area contributed by atoms with Gasteiger partial charge >= 0.3 is 0 Å². The average Bonchev–Trinajstić information content (AvgIpc) is 2.45. The first-order valence-corrected chi connectivity index (χ1v) is 5.32. The first-order chi connectivity index (χ1) is 6.96. The van der Waals surface area contributed by atoms with Crippen LogP contribution in [0, 0.1) is 0 Å². The number of nitrogens with one attached hydrogen (secondary N) is 1. The number of fused-ring (bicyclic) bond motifs is 1. The van der Waals surface area contributed by atoms with E-state index in [9.17, 15) is 5.11 Å². The number of aliphatic hydroxyl groups is 1. The second-order valence-electron chi connectivity index (χ2n) is 4.48. The Morgan fingerprint density at radius 3 is 2.73 bits per heavy atom. The third-order valence-electron chi connectivity index (χ3n) is 2.29. The van der Waals surface area contributed by atoms with E-state index >= 15 is 0 Å². The monoisotopic (exact) mass is 223 g/mol. The summed E-state index contributed by atoms with van der Waals surface area (Å²) in [5.74, 6) is 0. The molecule has 2 rings (SSSR count). The smallest absolute Gasteiger partial charge is 0.0646 e. The van der Waals surface area contributed by atoms with E-state index in [1.165, 1.54) is 0 Å². The second kappa shape index (κ2) is 3.54. The van der Waals surface area contributed by atoms with Crippen LogP contribution in [0.15, 0.2) is 24.3 Å². The Morgan fingerprint density at radius 1 is 1.40 bits per heavy atom. The molecule has 2 N–H and O–H groups in total. The van der Waals surface area contributed by atoms with Crippen molar-refractivity contribution in [3.63, 3.8) is 0 Å². The van der Waals surface area contributed by atoms with E-state index in [1.807, 2.05) is 24.3 Å². The molecule has 0 spiro atoms. The summed E-state index contributed by atoms with van der Waals surface area (Å²) in [4.78, 5) is 3.25. The first-order valence-electron chi connectivity index (χ1n) is 4.94. The summed E-state index contributed by atoms with van der Waals surface area (Å²) in [6.45, 7) is 3.58. The summed E-state index contributed by atoms with van der Waals surface area (Å²) in [6.07, 6.45) is 0.595. The van der Waals surface area contributed by atoms with Crippen LogP contribution in [0.2, 0.25) is 5.02 Å². The van der Waals surface area contributed by atoms with E-state index in [1.54, 1.807) is 13.8 Å². The number of aromatic nitrogens is 1. The van der Waals surface area contributed by atoms with Gasteiger partial charge in [-0.05, 0) is 32.0 Å². The summed E-state index contributed by atoms with van der Waals surface area (Å²) in [5, 5.41) is 11.5. The van der Waals surface area contributed by atoms with Crippen LogP contribution in [0.1, 0.15) is 19.5 Å². The van der Waals surface area contributed by atoms with Gasteiger partial charge in [0, 0.05) is 28.0 Å². The minimum absolute atomic E-state index is 0.595. The zero-order valence-electron chi connectivity index (χ0n) is 8.84. The molecule has 1 aromatic carbocycles. The van der Waals surface area contributed by atoms with Crippen molar-refractivity contribution >= 4 is 22.5 Å². The van der Waals surface area contributed by atoms with Crippen LogP contribution >= 0.6 is 11.6 Å². The van der Waals surface area contributed by atoms with Gasteiger partial charge in [0.15, 0.2) is 0 Å². The number of hydrogen-bond donors (Lipinski definition) is 2. The topological polar surface area (TPSA) is 36.0 Å². The third kappa shape index (κ3) is 2.33. The minimum atomic E-state index is -0.701. The minimum Gasteiger partial charge on any atom is -0.390 e. The van der Waals surface area contributed by atoms with Crippen molar-refractivity contribution in [2.45, 2.75) is 25.9 Å². The van der Waals surface area contributed by atoms with E-state index in [4.69, 9.17) is 11.6 Å². The Hall–Kier alpha value is -0.990. The number of halogens is 1. The summed E-state index contributed by atoms with van der Waals surface area (Å²) in [7, 11) is 0. The molecule has 0 aliphatic heterocycles. The van der Waals surface area contributed by atoms with Gasteiger partial charge in [-0.3, -0.25) is 0 Å². The predicted octanol–water partition coefficient (Wildman–Crippen LogP) is 3.13. The zero-order valence-corrected chi connectivity index (χ0v) is 9.60. The van der Waals surface area contributed by atoms with Gasteiger partial charge in [-0.2, -0.15) is 0 Å². The molecule has 80 valence electrons. The van der Waals surface area contributed by atoms with Gasteiger partial charge in [0.25, 0.3) is 0 Å². The molecule has 0 unspecified atom stereocenters. The summed E-state index contributed by atoms with van der Waals surface area (Å²) in [6, 6.07) is 7.76. The Balaban J connectivity index is 2.44. The zero-order chi connectivity index (χ0) is 11.1. The molecule has 0 aliphatic rings.